The molecule has 0 aromatic carbocycles. The number of rotatable bonds is 5. The zero-order valence-corrected chi connectivity index (χ0v) is 9.55. The average molecular weight is 238 g/mol. The summed E-state index contributed by atoms with van der Waals surface area (Å²) in [7, 11) is 0. The highest BCUT2D eigenvalue weighted by atomic mass is 16.5. The van der Waals surface area contributed by atoms with E-state index in [1.807, 2.05) is 0 Å². The number of carbonyl (C=O) groups is 2. The van der Waals surface area contributed by atoms with Crippen molar-refractivity contribution in [2.24, 2.45) is 0 Å². The third-order valence-electron chi connectivity index (χ3n) is 2.79. The first-order valence-electron chi connectivity index (χ1n) is 5.58. The van der Waals surface area contributed by atoms with Crippen molar-refractivity contribution >= 4 is 11.9 Å². The summed E-state index contributed by atoms with van der Waals surface area (Å²) < 4.78 is 4.82. The van der Waals surface area contributed by atoms with Crippen molar-refractivity contribution in [1.82, 2.24) is 10.1 Å². The molecule has 0 aliphatic heterocycles. The van der Waals surface area contributed by atoms with Crippen LogP contribution in [0.2, 0.25) is 0 Å². The summed E-state index contributed by atoms with van der Waals surface area (Å²) in [6, 6.07) is 0. The maximum absolute atomic E-state index is 12.1. The van der Waals surface area contributed by atoms with E-state index in [0.29, 0.717) is 23.7 Å². The van der Waals surface area contributed by atoms with Crippen LogP contribution in [0.1, 0.15) is 41.7 Å². The van der Waals surface area contributed by atoms with Crippen molar-refractivity contribution < 1.29 is 19.2 Å². The van der Waals surface area contributed by atoms with E-state index in [9.17, 15) is 9.59 Å². The smallest absolute Gasteiger partial charge is 0.323 e. The van der Waals surface area contributed by atoms with Gasteiger partial charge in [-0.3, -0.25) is 9.59 Å². The van der Waals surface area contributed by atoms with Crippen LogP contribution in [0.25, 0.3) is 0 Å². The third kappa shape index (κ3) is 2.46. The van der Waals surface area contributed by atoms with Gasteiger partial charge in [-0.05, 0) is 19.8 Å². The van der Waals surface area contributed by atoms with Crippen molar-refractivity contribution in [2.45, 2.75) is 25.7 Å². The summed E-state index contributed by atoms with van der Waals surface area (Å²) in [5.41, 5.74) is 1.06. The molecule has 1 fully saturated rings. The minimum absolute atomic E-state index is 0.301. The van der Waals surface area contributed by atoms with Gasteiger partial charge in [0.15, 0.2) is 0 Å². The fourth-order valence-corrected chi connectivity index (χ4v) is 1.72. The van der Waals surface area contributed by atoms with Crippen LogP contribution in [0.5, 0.6) is 0 Å². The van der Waals surface area contributed by atoms with Crippen LogP contribution in [-0.2, 0) is 4.79 Å². The molecule has 2 rings (SSSR count). The SMILES string of the molecule is CCN(CC(=O)O)C(=O)c1conc1C1CC1. The Morgan fingerprint density at radius 1 is 1.59 bits per heavy atom. The Hall–Kier alpha value is -1.85. The molecule has 1 saturated carbocycles. The highest BCUT2D eigenvalue weighted by Crippen LogP contribution is 2.40. The Balaban J connectivity index is 2.16. The van der Waals surface area contributed by atoms with E-state index in [1.54, 1.807) is 6.92 Å². The Morgan fingerprint density at radius 2 is 2.29 bits per heavy atom. The molecule has 1 aliphatic rings. The minimum atomic E-state index is -1.02. The van der Waals surface area contributed by atoms with Gasteiger partial charge in [0.25, 0.3) is 5.91 Å². The predicted molar refractivity (Wildman–Crippen MR) is 57.7 cm³/mol. The summed E-state index contributed by atoms with van der Waals surface area (Å²) in [5, 5.41) is 12.5. The van der Waals surface area contributed by atoms with E-state index in [1.165, 1.54) is 11.2 Å². The molecule has 1 aliphatic carbocycles. The number of aromatic nitrogens is 1. The van der Waals surface area contributed by atoms with E-state index < -0.39 is 5.97 Å². The second-order valence-electron chi connectivity index (χ2n) is 4.10. The van der Waals surface area contributed by atoms with Crippen molar-refractivity contribution in [3.63, 3.8) is 0 Å². The molecule has 0 unspecified atom stereocenters. The standard InChI is InChI=1S/C11H14N2O4/c1-2-13(5-9(14)15)11(16)8-6-17-12-10(8)7-3-4-7/h6-7H,2-5H2,1H3,(H,14,15). The first-order chi connectivity index (χ1) is 8.13. The van der Waals surface area contributed by atoms with Crippen molar-refractivity contribution in [3.8, 4) is 0 Å². The van der Waals surface area contributed by atoms with Gasteiger partial charge in [0.2, 0.25) is 0 Å². The van der Waals surface area contributed by atoms with Crippen LogP contribution < -0.4 is 0 Å². The number of carboxylic acids is 1. The molecule has 6 heteroatoms. The number of likely N-dealkylation sites (N-methyl/N-ethyl adjacent to an activating group) is 1. The number of carboxylic acid groups (broad SMARTS) is 1. The predicted octanol–water partition coefficient (Wildman–Crippen LogP) is 1.10. The zero-order valence-electron chi connectivity index (χ0n) is 9.55. The molecule has 17 heavy (non-hydrogen) atoms. The van der Waals surface area contributed by atoms with Gasteiger partial charge in [0.05, 0.1) is 5.69 Å². The van der Waals surface area contributed by atoms with E-state index >= 15 is 0 Å². The van der Waals surface area contributed by atoms with Gasteiger partial charge in [0, 0.05) is 12.5 Å². The number of aliphatic carboxylic acids is 1. The minimum Gasteiger partial charge on any atom is -0.480 e. The molecule has 0 bridgehead atoms. The van der Waals surface area contributed by atoms with Crippen LogP contribution in [0.15, 0.2) is 10.8 Å². The average Bonchev–Trinajstić information content (AvgIpc) is 3.03. The molecular weight excluding hydrogens is 224 g/mol. The van der Waals surface area contributed by atoms with Gasteiger partial charge < -0.3 is 14.5 Å². The molecule has 0 radical (unpaired) electrons. The monoisotopic (exact) mass is 238 g/mol. The van der Waals surface area contributed by atoms with Crippen molar-refractivity contribution in [1.29, 1.82) is 0 Å². The largest absolute Gasteiger partial charge is 0.480 e. The number of hydrogen-bond acceptors (Lipinski definition) is 4. The molecule has 1 aromatic heterocycles. The van der Waals surface area contributed by atoms with E-state index in [0.717, 1.165) is 12.8 Å². The molecule has 0 saturated heterocycles. The van der Waals surface area contributed by atoms with E-state index in [-0.39, 0.29) is 12.5 Å². The molecular formula is C11H14N2O4. The molecule has 1 aromatic rings. The van der Waals surface area contributed by atoms with Gasteiger partial charge >= 0.3 is 5.97 Å². The highest BCUT2D eigenvalue weighted by Gasteiger charge is 2.33. The fraction of sp³-hybridized carbons (Fsp3) is 0.545. The second-order valence-corrected chi connectivity index (χ2v) is 4.10. The highest BCUT2D eigenvalue weighted by molar-refractivity contribution is 5.96. The molecule has 92 valence electrons. The first-order valence-corrected chi connectivity index (χ1v) is 5.58. The van der Waals surface area contributed by atoms with Gasteiger partial charge in [-0.2, -0.15) is 0 Å². The summed E-state index contributed by atoms with van der Waals surface area (Å²) >= 11 is 0. The van der Waals surface area contributed by atoms with Gasteiger partial charge in [-0.15, -0.1) is 0 Å². The Morgan fingerprint density at radius 3 is 2.82 bits per heavy atom. The Labute approximate surface area is 98.2 Å². The lowest BCUT2D eigenvalue weighted by atomic mass is 10.1. The summed E-state index contributed by atoms with van der Waals surface area (Å²) in [5.74, 6) is -1.04. The van der Waals surface area contributed by atoms with Crippen LogP contribution in [0.4, 0.5) is 0 Å². The van der Waals surface area contributed by atoms with Gasteiger partial charge in [-0.25, -0.2) is 0 Å². The van der Waals surface area contributed by atoms with E-state index in [2.05, 4.69) is 5.16 Å². The molecule has 1 heterocycles. The second kappa shape index (κ2) is 4.57. The Bertz CT molecular complexity index is 436. The number of amides is 1. The van der Waals surface area contributed by atoms with Gasteiger partial charge in [0.1, 0.15) is 18.4 Å². The van der Waals surface area contributed by atoms with Crippen LogP contribution in [-0.4, -0.2) is 40.1 Å². The Kier molecular flexibility index (Phi) is 3.12. The van der Waals surface area contributed by atoms with Gasteiger partial charge in [-0.1, -0.05) is 5.16 Å². The number of hydrogen-bond donors (Lipinski definition) is 1. The number of carbonyl (C=O) groups excluding carboxylic acids is 1. The molecule has 1 N–H and O–H groups in total. The lowest BCUT2D eigenvalue weighted by Crippen LogP contribution is -2.35. The molecule has 0 atom stereocenters. The lowest BCUT2D eigenvalue weighted by molar-refractivity contribution is -0.137. The zero-order chi connectivity index (χ0) is 12.4. The maximum Gasteiger partial charge on any atom is 0.323 e. The summed E-state index contributed by atoms with van der Waals surface area (Å²) in [4.78, 5) is 24.0. The van der Waals surface area contributed by atoms with Crippen LogP contribution in [0.3, 0.4) is 0 Å². The summed E-state index contributed by atoms with van der Waals surface area (Å²) in [6.45, 7) is 1.79. The lowest BCUT2D eigenvalue weighted by Gasteiger charge is -2.17. The molecule has 0 spiro atoms. The molecule has 1 amide bonds. The van der Waals surface area contributed by atoms with Crippen molar-refractivity contribution in [3.05, 3.63) is 17.5 Å². The van der Waals surface area contributed by atoms with Crippen molar-refractivity contribution in [2.75, 3.05) is 13.1 Å². The van der Waals surface area contributed by atoms with Crippen LogP contribution in [0, 0.1) is 0 Å². The maximum atomic E-state index is 12.1. The summed E-state index contributed by atoms with van der Waals surface area (Å²) in [6.07, 6.45) is 3.33. The first kappa shape index (κ1) is 11.6. The quantitative estimate of drug-likeness (QED) is 0.830. The molecule has 6 nitrogen and oxygen atoms in total. The normalized spacial score (nSPS) is 14.6. The van der Waals surface area contributed by atoms with E-state index in [4.69, 9.17) is 9.63 Å². The van der Waals surface area contributed by atoms with Crippen LogP contribution >= 0.6 is 0 Å². The topological polar surface area (TPSA) is 83.6 Å². The third-order valence-corrected chi connectivity index (χ3v) is 2.79. The number of nitrogens with zero attached hydrogens (tertiary/aromatic N) is 2. The fourth-order valence-electron chi connectivity index (χ4n) is 1.72.